The van der Waals surface area contributed by atoms with E-state index in [1.165, 1.54) is 0 Å². The van der Waals surface area contributed by atoms with Gasteiger partial charge in [0.2, 0.25) is 5.78 Å². The number of benzene rings is 1. The first-order chi connectivity index (χ1) is 5.63. The summed E-state index contributed by atoms with van der Waals surface area (Å²) in [6.07, 6.45) is 0. The number of aliphatic hydroxyl groups is 1. The van der Waals surface area contributed by atoms with Crippen molar-refractivity contribution in [3.05, 3.63) is 35.4 Å². The lowest BCUT2D eigenvalue weighted by Gasteiger charge is -2.04. The standard InChI is InChI=1S/C9H9ClO2/c1-6-4-2-3-5-7(6)8(11)9(10)12/h2-5,9,12H,1H3. The molecule has 0 aliphatic rings. The number of ketones is 1. The van der Waals surface area contributed by atoms with Crippen LogP contribution in [0.4, 0.5) is 0 Å². The molecule has 0 saturated heterocycles. The number of aliphatic hydroxyl groups excluding tert-OH is 1. The summed E-state index contributed by atoms with van der Waals surface area (Å²) in [4.78, 5) is 11.2. The summed E-state index contributed by atoms with van der Waals surface area (Å²) in [5.74, 6) is -0.449. The zero-order valence-electron chi connectivity index (χ0n) is 6.62. The quantitative estimate of drug-likeness (QED) is 0.562. The van der Waals surface area contributed by atoms with Gasteiger partial charge < -0.3 is 5.11 Å². The molecule has 12 heavy (non-hydrogen) atoms. The van der Waals surface area contributed by atoms with Crippen molar-refractivity contribution in [2.75, 3.05) is 0 Å². The van der Waals surface area contributed by atoms with Gasteiger partial charge in [-0.1, -0.05) is 35.9 Å². The Morgan fingerprint density at radius 3 is 2.58 bits per heavy atom. The third-order valence-electron chi connectivity index (χ3n) is 1.63. The lowest BCUT2D eigenvalue weighted by Crippen LogP contribution is -2.14. The van der Waals surface area contributed by atoms with Crippen molar-refractivity contribution in [3.63, 3.8) is 0 Å². The molecular formula is C9H9ClO2. The van der Waals surface area contributed by atoms with Crippen molar-refractivity contribution >= 4 is 17.4 Å². The number of hydrogen-bond acceptors (Lipinski definition) is 2. The molecule has 0 aliphatic heterocycles. The van der Waals surface area contributed by atoms with Crippen molar-refractivity contribution in [1.29, 1.82) is 0 Å². The summed E-state index contributed by atoms with van der Waals surface area (Å²) in [5, 5.41) is 8.81. The second-order valence-electron chi connectivity index (χ2n) is 2.51. The summed E-state index contributed by atoms with van der Waals surface area (Å²) in [6, 6.07) is 7.00. The van der Waals surface area contributed by atoms with Gasteiger partial charge in [-0.25, -0.2) is 0 Å². The maximum absolute atomic E-state index is 11.2. The van der Waals surface area contributed by atoms with Crippen LogP contribution in [0.25, 0.3) is 0 Å². The highest BCUT2D eigenvalue weighted by molar-refractivity contribution is 6.32. The van der Waals surface area contributed by atoms with Gasteiger partial charge in [0.15, 0.2) is 5.56 Å². The van der Waals surface area contributed by atoms with Crippen LogP contribution in [0.1, 0.15) is 15.9 Å². The molecule has 0 heterocycles. The number of hydrogen-bond donors (Lipinski definition) is 1. The molecule has 1 aromatic rings. The van der Waals surface area contributed by atoms with Gasteiger partial charge >= 0.3 is 0 Å². The van der Waals surface area contributed by atoms with Gasteiger partial charge in [0, 0.05) is 5.56 Å². The third kappa shape index (κ3) is 1.84. The summed E-state index contributed by atoms with van der Waals surface area (Å²) in [6.45, 7) is 1.80. The van der Waals surface area contributed by atoms with E-state index in [4.69, 9.17) is 16.7 Å². The Labute approximate surface area is 75.8 Å². The van der Waals surface area contributed by atoms with E-state index >= 15 is 0 Å². The topological polar surface area (TPSA) is 37.3 Å². The Morgan fingerprint density at radius 1 is 1.50 bits per heavy atom. The van der Waals surface area contributed by atoms with Crippen LogP contribution in [-0.2, 0) is 0 Å². The molecule has 3 heteroatoms. The average molecular weight is 185 g/mol. The van der Waals surface area contributed by atoms with E-state index in [9.17, 15) is 4.79 Å². The number of carbonyl (C=O) groups excluding carboxylic acids is 1. The zero-order chi connectivity index (χ0) is 9.14. The number of aryl methyl sites for hydroxylation is 1. The van der Waals surface area contributed by atoms with Crippen LogP contribution in [0.3, 0.4) is 0 Å². The van der Waals surface area contributed by atoms with Crippen molar-refractivity contribution in [2.24, 2.45) is 0 Å². The minimum absolute atomic E-state index is 0.449. The van der Waals surface area contributed by atoms with E-state index in [1.807, 2.05) is 6.07 Å². The van der Waals surface area contributed by atoms with Crippen LogP contribution >= 0.6 is 11.6 Å². The van der Waals surface area contributed by atoms with Crippen LogP contribution in [0.15, 0.2) is 24.3 Å². The highest BCUT2D eigenvalue weighted by Gasteiger charge is 2.14. The van der Waals surface area contributed by atoms with Crippen LogP contribution in [-0.4, -0.2) is 16.5 Å². The summed E-state index contributed by atoms with van der Waals surface area (Å²) < 4.78 is 0. The van der Waals surface area contributed by atoms with Crippen LogP contribution in [0, 0.1) is 6.92 Å². The van der Waals surface area contributed by atoms with E-state index in [0.717, 1.165) is 5.56 Å². The first-order valence-electron chi connectivity index (χ1n) is 3.55. The van der Waals surface area contributed by atoms with Gasteiger partial charge in [-0.15, -0.1) is 0 Å². The van der Waals surface area contributed by atoms with Gasteiger partial charge in [-0.3, -0.25) is 4.79 Å². The monoisotopic (exact) mass is 184 g/mol. The molecule has 2 nitrogen and oxygen atoms in total. The Morgan fingerprint density at radius 2 is 2.08 bits per heavy atom. The minimum atomic E-state index is -1.44. The Kier molecular flexibility index (Phi) is 2.84. The number of halogens is 1. The molecule has 0 amide bonds. The van der Waals surface area contributed by atoms with Crippen molar-refractivity contribution < 1.29 is 9.90 Å². The predicted molar refractivity (Wildman–Crippen MR) is 47.4 cm³/mol. The molecule has 1 atom stereocenters. The van der Waals surface area contributed by atoms with Gasteiger partial charge in [-0.05, 0) is 12.5 Å². The summed E-state index contributed by atoms with van der Waals surface area (Å²) in [5.41, 5.74) is -0.145. The van der Waals surface area contributed by atoms with E-state index in [-0.39, 0.29) is 0 Å². The lowest BCUT2D eigenvalue weighted by atomic mass is 10.1. The first-order valence-corrected chi connectivity index (χ1v) is 3.98. The number of carbonyl (C=O) groups is 1. The molecule has 1 N–H and O–H groups in total. The Balaban J connectivity index is 3.03. The maximum Gasteiger partial charge on any atom is 0.206 e. The van der Waals surface area contributed by atoms with E-state index in [1.54, 1.807) is 25.1 Å². The fourth-order valence-electron chi connectivity index (χ4n) is 0.978. The second-order valence-corrected chi connectivity index (χ2v) is 2.93. The first kappa shape index (κ1) is 9.23. The second kappa shape index (κ2) is 3.70. The molecule has 0 saturated carbocycles. The molecular weight excluding hydrogens is 176 g/mol. The fraction of sp³-hybridized carbons (Fsp3) is 0.222. The molecule has 64 valence electrons. The highest BCUT2D eigenvalue weighted by Crippen LogP contribution is 2.11. The number of rotatable bonds is 2. The number of alkyl halides is 1. The van der Waals surface area contributed by atoms with Gasteiger partial charge in [-0.2, -0.15) is 0 Å². The molecule has 1 aromatic carbocycles. The normalized spacial score (nSPS) is 12.6. The highest BCUT2D eigenvalue weighted by atomic mass is 35.5. The average Bonchev–Trinajstić information content (AvgIpc) is 2.04. The number of Topliss-reactive ketones (excluding diaryl/α,β-unsaturated/α-hetero) is 1. The third-order valence-corrected chi connectivity index (χ3v) is 1.83. The maximum atomic E-state index is 11.2. The predicted octanol–water partition coefficient (Wildman–Crippen LogP) is 1.73. The van der Waals surface area contributed by atoms with Crippen LogP contribution in [0.2, 0.25) is 0 Å². The van der Waals surface area contributed by atoms with Gasteiger partial charge in [0.05, 0.1) is 0 Å². The summed E-state index contributed by atoms with van der Waals surface area (Å²) >= 11 is 5.24. The molecule has 1 rings (SSSR count). The van der Waals surface area contributed by atoms with E-state index in [2.05, 4.69) is 0 Å². The smallest absolute Gasteiger partial charge is 0.206 e. The molecule has 0 radical (unpaired) electrons. The van der Waals surface area contributed by atoms with Crippen molar-refractivity contribution in [1.82, 2.24) is 0 Å². The molecule has 0 aliphatic carbocycles. The van der Waals surface area contributed by atoms with Crippen molar-refractivity contribution in [3.8, 4) is 0 Å². The van der Waals surface area contributed by atoms with Crippen LogP contribution in [0.5, 0.6) is 0 Å². The van der Waals surface area contributed by atoms with Gasteiger partial charge in [0.25, 0.3) is 0 Å². The van der Waals surface area contributed by atoms with Gasteiger partial charge in [0.1, 0.15) is 0 Å². The molecule has 1 unspecified atom stereocenters. The molecule has 0 bridgehead atoms. The Bertz CT molecular complexity index is 294. The van der Waals surface area contributed by atoms with Crippen molar-refractivity contribution in [2.45, 2.75) is 12.5 Å². The molecule has 0 spiro atoms. The van der Waals surface area contributed by atoms with E-state index in [0.29, 0.717) is 5.56 Å². The summed E-state index contributed by atoms with van der Waals surface area (Å²) in [7, 11) is 0. The lowest BCUT2D eigenvalue weighted by molar-refractivity contribution is 0.0859. The molecule has 0 fully saturated rings. The largest absolute Gasteiger partial charge is 0.371 e. The van der Waals surface area contributed by atoms with E-state index < -0.39 is 11.3 Å². The zero-order valence-corrected chi connectivity index (χ0v) is 7.38. The molecule has 0 aromatic heterocycles. The van der Waals surface area contributed by atoms with Crippen LogP contribution < -0.4 is 0 Å². The fourth-order valence-corrected chi connectivity index (χ4v) is 1.10. The SMILES string of the molecule is Cc1ccccc1C(=O)C(O)Cl. The Hall–Kier alpha value is -0.860. The minimum Gasteiger partial charge on any atom is -0.371 e.